The smallest absolute Gasteiger partial charge is 0.311 e. The number of benzene rings is 1. The predicted molar refractivity (Wildman–Crippen MR) is 61.6 cm³/mol. The zero-order valence-corrected chi connectivity index (χ0v) is 9.28. The summed E-state index contributed by atoms with van der Waals surface area (Å²) in [5.74, 6) is -0.525. The minimum atomic E-state index is -0.652. The van der Waals surface area contributed by atoms with Gasteiger partial charge in [0.2, 0.25) is 0 Å². The van der Waals surface area contributed by atoms with Crippen molar-refractivity contribution in [3.63, 3.8) is 0 Å². The van der Waals surface area contributed by atoms with Crippen molar-refractivity contribution < 1.29 is 9.90 Å². The third kappa shape index (κ3) is 1.62. The minimum absolute atomic E-state index is 0.258. The van der Waals surface area contributed by atoms with Crippen LogP contribution in [0.4, 0.5) is 0 Å². The van der Waals surface area contributed by atoms with E-state index in [1.165, 1.54) is 17.5 Å². The van der Waals surface area contributed by atoms with Crippen LogP contribution in [-0.4, -0.2) is 11.1 Å². The molecule has 1 aromatic rings. The number of rotatable bonds is 3. The van der Waals surface area contributed by atoms with Crippen LogP contribution in [0.3, 0.4) is 0 Å². The summed E-state index contributed by atoms with van der Waals surface area (Å²) < 4.78 is 0. The second-order valence-corrected chi connectivity index (χ2v) is 5.04. The van der Waals surface area contributed by atoms with E-state index in [4.69, 9.17) is 0 Å². The fourth-order valence-electron chi connectivity index (χ4n) is 2.83. The van der Waals surface area contributed by atoms with E-state index in [9.17, 15) is 9.90 Å². The molecule has 0 heterocycles. The molecule has 2 heteroatoms. The lowest BCUT2D eigenvalue weighted by Gasteiger charge is -2.13. The van der Waals surface area contributed by atoms with Crippen LogP contribution in [0.1, 0.15) is 41.9 Å². The highest BCUT2D eigenvalue weighted by molar-refractivity contribution is 5.77. The number of hydrogen-bond acceptors (Lipinski definition) is 1. The van der Waals surface area contributed by atoms with Crippen molar-refractivity contribution in [1.29, 1.82) is 0 Å². The first-order valence-corrected chi connectivity index (χ1v) is 6.10. The van der Waals surface area contributed by atoms with Crippen LogP contribution in [0.25, 0.3) is 0 Å². The summed E-state index contributed by atoms with van der Waals surface area (Å²) in [6, 6.07) is 6.30. The highest BCUT2D eigenvalue weighted by Crippen LogP contribution is 2.43. The zero-order chi connectivity index (χ0) is 11.1. The van der Waals surface area contributed by atoms with Gasteiger partial charge >= 0.3 is 5.97 Å². The van der Waals surface area contributed by atoms with Crippen LogP contribution in [0, 0.1) is 5.92 Å². The molecule has 1 unspecified atom stereocenters. The minimum Gasteiger partial charge on any atom is -0.481 e. The Hall–Kier alpha value is -1.31. The Morgan fingerprint density at radius 1 is 1.25 bits per heavy atom. The predicted octanol–water partition coefficient (Wildman–Crippen LogP) is 2.75. The van der Waals surface area contributed by atoms with Crippen LogP contribution < -0.4 is 0 Å². The molecule has 0 aliphatic heterocycles. The quantitative estimate of drug-likeness (QED) is 0.843. The highest BCUT2D eigenvalue weighted by atomic mass is 16.4. The van der Waals surface area contributed by atoms with Gasteiger partial charge in [0, 0.05) is 0 Å². The van der Waals surface area contributed by atoms with Gasteiger partial charge in [-0.05, 0) is 54.7 Å². The summed E-state index contributed by atoms with van der Waals surface area (Å²) in [6.45, 7) is 0. The summed E-state index contributed by atoms with van der Waals surface area (Å²) in [5.41, 5.74) is 3.82. The van der Waals surface area contributed by atoms with E-state index in [1.54, 1.807) is 0 Å². The van der Waals surface area contributed by atoms with E-state index in [2.05, 4.69) is 12.1 Å². The maximum atomic E-state index is 11.3. The Morgan fingerprint density at radius 2 is 2.00 bits per heavy atom. The molecule has 1 fully saturated rings. The van der Waals surface area contributed by atoms with Crippen molar-refractivity contribution in [1.82, 2.24) is 0 Å². The van der Waals surface area contributed by atoms with E-state index in [-0.39, 0.29) is 5.92 Å². The number of carboxylic acid groups (broad SMARTS) is 1. The first-order valence-electron chi connectivity index (χ1n) is 6.10. The standard InChI is InChI=1S/C14H16O2/c15-14(16)13(10-5-6-10)12-7-4-9-2-1-3-11(9)8-12/h4,7-8,10,13H,1-3,5-6H2,(H,15,16). The summed E-state index contributed by atoms with van der Waals surface area (Å²) in [7, 11) is 0. The average molecular weight is 216 g/mol. The fourth-order valence-corrected chi connectivity index (χ4v) is 2.83. The largest absolute Gasteiger partial charge is 0.481 e. The molecule has 1 aromatic carbocycles. The lowest BCUT2D eigenvalue weighted by Crippen LogP contribution is -2.13. The normalized spacial score (nSPS) is 20.5. The zero-order valence-electron chi connectivity index (χ0n) is 9.28. The lowest BCUT2D eigenvalue weighted by molar-refractivity contribution is -0.139. The van der Waals surface area contributed by atoms with Crippen LogP contribution >= 0.6 is 0 Å². The molecule has 2 aliphatic rings. The number of fused-ring (bicyclic) bond motifs is 1. The molecule has 1 N–H and O–H groups in total. The van der Waals surface area contributed by atoms with E-state index >= 15 is 0 Å². The maximum Gasteiger partial charge on any atom is 0.311 e. The van der Waals surface area contributed by atoms with Gasteiger partial charge < -0.3 is 5.11 Å². The van der Waals surface area contributed by atoms with E-state index in [0.717, 1.165) is 31.2 Å². The van der Waals surface area contributed by atoms with Gasteiger partial charge in [0.05, 0.1) is 5.92 Å². The molecule has 0 bridgehead atoms. The second kappa shape index (κ2) is 3.62. The third-order valence-corrected chi connectivity index (χ3v) is 3.84. The number of aliphatic carboxylic acids is 1. The van der Waals surface area contributed by atoms with E-state index in [1.807, 2.05) is 6.07 Å². The molecule has 2 nitrogen and oxygen atoms in total. The molecule has 0 saturated heterocycles. The van der Waals surface area contributed by atoms with Gasteiger partial charge in [0.1, 0.15) is 0 Å². The molecule has 0 amide bonds. The van der Waals surface area contributed by atoms with Crippen molar-refractivity contribution >= 4 is 5.97 Å². The monoisotopic (exact) mass is 216 g/mol. The van der Waals surface area contributed by atoms with Gasteiger partial charge in [-0.3, -0.25) is 4.79 Å². The summed E-state index contributed by atoms with van der Waals surface area (Å²) in [6.07, 6.45) is 5.67. The maximum absolute atomic E-state index is 11.3. The highest BCUT2D eigenvalue weighted by Gasteiger charge is 2.37. The number of hydrogen-bond donors (Lipinski definition) is 1. The molecule has 84 valence electrons. The Balaban J connectivity index is 1.95. The molecule has 0 aromatic heterocycles. The molecule has 16 heavy (non-hydrogen) atoms. The van der Waals surface area contributed by atoms with Crippen LogP contribution in [0.5, 0.6) is 0 Å². The van der Waals surface area contributed by atoms with Gasteiger partial charge in [-0.2, -0.15) is 0 Å². The van der Waals surface area contributed by atoms with Crippen molar-refractivity contribution in [2.45, 2.75) is 38.0 Å². The summed E-state index contributed by atoms with van der Waals surface area (Å²) in [5, 5.41) is 9.29. The second-order valence-electron chi connectivity index (χ2n) is 5.04. The summed E-state index contributed by atoms with van der Waals surface area (Å²) in [4.78, 5) is 11.3. The van der Waals surface area contributed by atoms with E-state index in [0.29, 0.717) is 5.92 Å². The molecular weight excluding hydrogens is 200 g/mol. The number of carboxylic acids is 1. The van der Waals surface area contributed by atoms with Crippen molar-refractivity contribution in [2.24, 2.45) is 5.92 Å². The first kappa shape index (κ1) is 9.88. The molecular formula is C14H16O2. The topological polar surface area (TPSA) is 37.3 Å². The number of aryl methyl sites for hydroxylation is 2. The van der Waals surface area contributed by atoms with Gasteiger partial charge in [0.25, 0.3) is 0 Å². The molecule has 1 atom stereocenters. The molecule has 0 spiro atoms. The summed E-state index contributed by atoms with van der Waals surface area (Å²) >= 11 is 0. The van der Waals surface area contributed by atoms with Crippen molar-refractivity contribution in [2.75, 3.05) is 0 Å². The van der Waals surface area contributed by atoms with Crippen LogP contribution in [0.2, 0.25) is 0 Å². The van der Waals surface area contributed by atoms with Crippen molar-refractivity contribution in [3.05, 3.63) is 34.9 Å². The SMILES string of the molecule is O=C(O)C(c1ccc2c(c1)CCC2)C1CC1. The molecule has 3 rings (SSSR count). The van der Waals surface area contributed by atoms with Crippen LogP contribution in [0.15, 0.2) is 18.2 Å². The van der Waals surface area contributed by atoms with Gasteiger partial charge in [0.15, 0.2) is 0 Å². The average Bonchev–Trinajstić information content (AvgIpc) is 2.96. The lowest BCUT2D eigenvalue weighted by atomic mass is 9.92. The molecule has 2 aliphatic carbocycles. The first-order chi connectivity index (χ1) is 7.75. The Morgan fingerprint density at radius 3 is 2.69 bits per heavy atom. The van der Waals surface area contributed by atoms with Crippen molar-refractivity contribution in [3.8, 4) is 0 Å². The van der Waals surface area contributed by atoms with Gasteiger partial charge in [-0.15, -0.1) is 0 Å². The Labute approximate surface area is 95.3 Å². The number of carbonyl (C=O) groups is 1. The molecule has 1 saturated carbocycles. The fraction of sp³-hybridized carbons (Fsp3) is 0.500. The Bertz CT molecular complexity index is 432. The van der Waals surface area contributed by atoms with E-state index < -0.39 is 5.97 Å². The van der Waals surface area contributed by atoms with Crippen LogP contribution in [-0.2, 0) is 17.6 Å². The van der Waals surface area contributed by atoms with Gasteiger partial charge in [-0.1, -0.05) is 18.2 Å². The third-order valence-electron chi connectivity index (χ3n) is 3.84. The van der Waals surface area contributed by atoms with Gasteiger partial charge in [-0.25, -0.2) is 0 Å². The molecule has 0 radical (unpaired) electrons. The Kier molecular flexibility index (Phi) is 2.23.